The lowest BCUT2D eigenvalue weighted by Gasteiger charge is -2.27. The largest absolute Gasteiger partial charge is 0.330 e. The Hall–Kier alpha value is -0.480. The molecule has 1 saturated carbocycles. The minimum atomic E-state index is -0.0356. The van der Waals surface area contributed by atoms with E-state index in [1.54, 1.807) is 12.1 Å². The zero-order valence-corrected chi connectivity index (χ0v) is 13.2. The Morgan fingerprint density at radius 3 is 2.20 bits per heavy atom. The van der Waals surface area contributed by atoms with Gasteiger partial charge < -0.3 is 11.1 Å². The number of carbonyl (C=O) groups excluding carboxylic acids is 1. The Balaban J connectivity index is 2.02. The molecule has 3 N–H and O–H groups in total. The molecule has 1 aromatic carbocycles. The van der Waals surface area contributed by atoms with Gasteiger partial charge in [-0.25, -0.2) is 0 Å². The predicted octanol–water partition coefficient (Wildman–Crippen LogP) is 4.35. The first-order valence-corrected chi connectivity index (χ1v) is 7.80. The molecule has 0 heterocycles. The first-order chi connectivity index (χ1) is 9.51. The lowest BCUT2D eigenvalue weighted by atomic mass is 9.81. The minimum Gasteiger partial charge on any atom is -0.330 e. The van der Waals surface area contributed by atoms with Gasteiger partial charge in [-0.05, 0) is 50.3 Å². The maximum atomic E-state index is 12.3. The van der Waals surface area contributed by atoms with Crippen molar-refractivity contribution in [1.29, 1.82) is 0 Å². The Bertz CT molecular complexity index is 476. The van der Waals surface area contributed by atoms with Gasteiger partial charge in [0.2, 0.25) is 5.91 Å². The summed E-state index contributed by atoms with van der Waals surface area (Å²) in [7, 11) is 0. The molecule has 1 aliphatic carbocycles. The third-order valence-corrected chi connectivity index (χ3v) is 4.62. The van der Waals surface area contributed by atoms with Gasteiger partial charge in [-0.15, -0.1) is 0 Å². The topological polar surface area (TPSA) is 55.1 Å². The fourth-order valence-electron chi connectivity index (χ4n) is 2.55. The minimum absolute atomic E-state index is 0.000566. The Morgan fingerprint density at radius 2 is 1.70 bits per heavy atom. The summed E-state index contributed by atoms with van der Waals surface area (Å²) < 4.78 is 0. The highest BCUT2D eigenvalue weighted by molar-refractivity contribution is 6.42. The molecule has 0 spiro atoms. The van der Waals surface area contributed by atoms with E-state index in [1.807, 2.05) is 0 Å². The van der Waals surface area contributed by atoms with Crippen molar-refractivity contribution in [1.82, 2.24) is 0 Å². The highest BCUT2D eigenvalue weighted by Crippen LogP contribution is 2.35. The van der Waals surface area contributed by atoms with Crippen LogP contribution in [-0.4, -0.2) is 12.5 Å². The monoisotopic (exact) mass is 334 g/mol. The molecule has 1 aromatic rings. The van der Waals surface area contributed by atoms with Crippen LogP contribution in [0.25, 0.3) is 0 Å². The summed E-state index contributed by atoms with van der Waals surface area (Å²) in [5, 5.41) is 3.97. The third kappa shape index (κ3) is 3.79. The van der Waals surface area contributed by atoms with Crippen LogP contribution >= 0.6 is 34.8 Å². The smallest absolute Gasteiger partial charge is 0.227 e. The standard InChI is InChI=1S/C14H17Cl3N2O/c15-10-5-11(16)13(12(17)6-10)19-14(20)9-3-1-8(7-18)2-4-9/h5-6,8-9H,1-4,7,18H2,(H,19,20). The lowest BCUT2D eigenvalue weighted by molar-refractivity contribution is -0.121. The Labute approximate surface area is 133 Å². The van der Waals surface area contributed by atoms with Crippen LogP contribution in [0.4, 0.5) is 5.69 Å². The van der Waals surface area contributed by atoms with E-state index in [9.17, 15) is 4.79 Å². The predicted molar refractivity (Wildman–Crippen MR) is 84.6 cm³/mol. The molecule has 1 aliphatic rings. The van der Waals surface area contributed by atoms with Gasteiger partial charge in [0.15, 0.2) is 0 Å². The fraction of sp³-hybridized carbons (Fsp3) is 0.500. The van der Waals surface area contributed by atoms with Gasteiger partial charge in [0.25, 0.3) is 0 Å². The van der Waals surface area contributed by atoms with Crippen LogP contribution in [0.2, 0.25) is 15.1 Å². The fourth-order valence-corrected chi connectivity index (χ4v) is 3.46. The number of amides is 1. The van der Waals surface area contributed by atoms with Crippen molar-refractivity contribution in [3.63, 3.8) is 0 Å². The van der Waals surface area contributed by atoms with Gasteiger partial charge in [0, 0.05) is 10.9 Å². The molecule has 2 rings (SSSR count). The van der Waals surface area contributed by atoms with Gasteiger partial charge in [-0.1, -0.05) is 34.8 Å². The molecule has 0 radical (unpaired) electrons. The third-order valence-electron chi connectivity index (χ3n) is 3.81. The van der Waals surface area contributed by atoms with E-state index in [-0.39, 0.29) is 11.8 Å². The van der Waals surface area contributed by atoms with E-state index >= 15 is 0 Å². The Kier molecular flexibility index (Phi) is 5.56. The molecule has 3 nitrogen and oxygen atoms in total. The zero-order valence-electron chi connectivity index (χ0n) is 11.0. The second-order valence-electron chi connectivity index (χ2n) is 5.19. The molecule has 110 valence electrons. The van der Waals surface area contributed by atoms with Crippen LogP contribution in [0.3, 0.4) is 0 Å². The van der Waals surface area contributed by atoms with E-state index < -0.39 is 0 Å². The summed E-state index contributed by atoms with van der Waals surface area (Å²) in [6.45, 7) is 0.698. The average molecular weight is 336 g/mol. The summed E-state index contributed by atoms with van der Waals surface area (Å²) in [4.78, 5) is 12.3. The van der Waals surface area contributed by atoms with Gasteiger partial charge in [-0.2, -0.15) is 0 Å². The first-order valence-electron chi connectivity index (χ1n) is 6.66. The quantitative estimate of drug-likeness (QED) is 0.862. The zero-order chi connectivity index (χ0) is 14.7. The number of carbonyl (C=O) groups is 1. The summed E-state index contributed by atoms with van der Waals surface area (Å²) in [5.74, 6) is 0.508. The lowest BCUT2D eigenvalue weighted by Crippen LogP contribution is -2.29. The van der Waals surface area contributed by atoms with Gasteiger partial charge in [0.1, 0.15) is 0 Å². The van der Waals surface area contributed by atoms with E-state index in [0.29, 0.717) is 33.2 Å². The molecule has 0 aliphatic heterocycles. The Morgan fingerprint density at radius 1 is 1.15 bits per heavy atom. The molecule has 0 unspecified atom stereocenters. The normalized spacial score (nSPS) is 22.6. The van der Waals surface area contributed by atoms with Gasteiger partial charge in [-0.3, -0.25) is 4.79 Å². The summed E-state index contributed by atoms with van der Waals surface area (Å²) in [6, 6.07) is 3.13. The van der Waals surface area contributed by atoms with Gasteiger partial charge >= 0.3 is 0 Å². The highest BCUT2D eigenvalue weighted by Gasteiger charge is 2.26. The molecular weight excluding hydrogens is 319 g/mol. The SMILES string of the molecule is NCC1CCC(C(=O)Nc2c(Cl)cc(Cl)cc2Cl)CC1. The number of nitrogens with one attached hydrogen (secondary N) is 1. The molecule has 20 heavy (non-hydrogen) atoms. The molecule has 6 heteroatoms. The van der Waals surface area contributed by atoms with Crippen molar-refractivity contribution in [2.24, 2.45) is 17.6 Å². The number of rotatable bonds is 3. The van der Waals surface area contributed by atoms with Crippen molar-refractivity contribution in [2.45, 2.75) is 25.7 Å². The number of nitrogens with two attached hydrogens (primary N) is 1. The number of benzene rings is 1. The van der Waals surface area contributed by atoms with E-state index in [0.717, 1.165) is 25.7 Å². The van der Waals surface area contributed by atoms with Crippen LogP contribution in [-0.2, 0) is 4.79 Å². The van der Waals surface area contributed by atoms with Crippen LogP contribution < -0.4 is 11.1 Å². The van der Waals surface area contributed by atoms with Crippen LogP contribution in [0.1, 0.15) is 25.7 Å². The van der Waals surface area contributed by atoms with Crippen LogP contribution in [0.15, 0.2) is 12.1 Å². The van der Waals surface area contributed by atoms with Crippen LogP contribution in [0, 0.1) is 11.8 Å². The van der Waals surface area contributed by atoms with E-state index in [1.165, 1.54) is 0 Å². The van der Waals surface area contributed by atoms with Crippen molar-refractivity contribution in [2.75, 3.05) is 11.9 Å². The molecular formula is C14H17Cl3N2O. The average Bonchev–Trinajstić information content (AvgIpc) is 2.42. The number of halogens is 3. The second kappa shape index (κ2) is 6.99. The van der Waals surface area contributed by atoms with Crippen molar-refractivity contribution in [3.05, 3.63) is 27.2 Å². The summed E-state index contributed by atoms with van der Waals surface area (Å²) in [5.41, 5.74) is 6.09. The van der Waals surface area contributed by atoms with Crippen molar-refractivity contribution < 1.29 is 4.79 Å². The summed E-state index contributed by atoms with van der Waals surface area (Å²) in [6.07, 6.45) is 3.71. The molecule has 0 atom stereocenters. The maximum absolute atomic E-state index is 12.3. The van der Waals surface area contributed by atoms with E-state index in [2.05, 4.69) is 5.32 Å². The molecule has 0 aromatic heterocycles. The number of hydrogen-bond acceptors (Lipinski definition) is 2. The van der Waals surface area contributed by atoms with Crippen LogP contribution in [0.5, 0.6) is 0 Å². The van der Waals surface area contributed by atoms with E-state index in [4.69, 9.17) is 40.5 Å². The highest BCUT2D eigenvalue weighted by atomic mass is 35.5. The van der Waals surface area contributed by atoms with Gasteiger partial charge in [0.05, 0.1) is 15.7 Å². The number of hydrogen-bond donors (Lipinski definition) is 2. The van der Waals surface area contributed by atoms with Crippen molar-refractivity contribution in [3.8, 4) is 0 Å². The second-order valence-corrected chi connectivity index (χ2v) is 6.44. The van der Waals surface area contributed by atoms with Crippen molar-refractivity contribution >= 4 is 46.4 Å². The molecule has 0 saturated heterocycles. The maximum Gasteiger partial charge on any atom is 0.227 e. The first kappa shape index (κ1) is 15.9. The molecule has 1 amide bonds. The number of anilines is 1. The molecule has 1 fully saturated rings. The summed E-state index contributed by atoms with van der Waals surface area (Å²) >= 11 is 18.0. The molecule has 0 bridgehead atoms.